The van der Waals surface area contributed by atoms with Gasteiger partial charge < -0.3 is 18.9 Å². The summed E-state index contributed by atoms with van der Waals surface area (Å²) in [7, 11) is 1.53. The number of halogens is 1. The van der Waals surface area contributed by atoms with Gasteiger partial charge in [0.25, 0.3) is 5.56 Å². The minimum absolute atomic E-state index is 0.0665. The molecule has 1 aliphatic rings. The number of thiazole rings is 1. The number of esters is 1. The molecule has 0 aliphatic carbocycles. The fourth-order valence-electron chi connectivity index (χ4n) is 4.80. The Morgan fingerprint density at radius 1 is 1.05 bits per heavy atom. The second-order valence-electron chi connectivity index (χ2n) is 10.4. The van der Waals surface area contributed by atoms with Crippen molar-refractivity contribution in [1.82, 2.24) is 4.57 Å². The highest BCUT2D eigenvalue weighted by Gasteiger charge is 2.35. The van der Waals surface area contributed by atoms with Crippen molar-refractivity contribution in [2.75, 3.05) is 20.3 Å². The molecular weight excluding hydrogens is 583 g/mol. The predicted octanol–water partition coefficient (Wildman–Crippen LogP) is 4.93. The maximum absolute atomic E-state index is 14.0. The number of fused-ring (bicyclic) bond motifs is 1. The van der Waals surface area contributed by atoms with Gasteiger partial charge in [0.05, 0.1) is 28.5 Å². The number of allylic oxidation sites excluding steroid dienone is 1. The third-order valence-electron chi connectivity index (χ3n) is 6.84. The Kier molecular flexibility index (Phi) is 9.72. The molecule has 8 nitrogen and oxygen atoms in total. The highest BCUT2D eigenvalue weighted by molar-refractivity contribution is 7.07. The standard InChI is InChI=1S/C34H33FN2O6S/c1-21(2)43-28-8-6-5-7-27(28)31-30(33(39)41-18-17-40-4)22(3)36-34-37(31)32(38)29(44-34)19-23-11-15-26(16-12-23)42-20-24-9-13-25(35)14-10-24/h5-16,19,21,31H,17-18,20H2,1-4H3/b29-19+/t31-/m1/s1. The first-order valence-electron chi connectivity index (χ1n) is 14.2. The summed E-state index contributed by atoms with van der Waals surface area (Å²) in [5, 5.41) is 0. The van der Waals surface area contributed by atoms with Crippen LogP contribution in [0.1, 0.15) is 43.5 Å². The van der Waals surface area contributed by atoms with E-state index in [1.165, 1.54) is 30.6 Å². The van der Waals surface area contributed by atoms with Crippen LogP contribution in [-0.4, -0.2) is 37.0 Å². The van der Waals surface area contributed by atoms with Gasteiger partial charge in [-0.2, -0.15) is 0 Å². The molecule has 0 N–H and O–H groups in total. The molecule has 1 atom stereocenters. The number of hydrogen-bond acceptors (Lipinski definition) is 8. The molecule has 0 amide bonds. The van der Waals surface area contributed by atoms with Crippen molar-refractivity contribution in [3.8, 4) is 11.5 Å². The molecule has 2 heterocycles. The van der Waals surface area contributed by atoms with Gasteiger partial charge in [-0.25, -0.2) is 14.2 Å². The van der Waals surface area contributed by atoms with Crippen molar-refractivity contribution in [3.63, 3.8) is 0 Å². The summed E-state index contributed by atoms with van der Waals surface area (Å²) in [6.07, 6.45) is 1.66. The van der Waals surface area contributed by atoms with E-state index in [9.17, 15) is 14.0 Å². The predicted molar refractivity (Wildman–Crippen MR) is 166 cm³/mol. The first-order valence-corrected chi connectivity index (χ1v) is 15.0. The maximum atomic E-state index is 14.0. The van der Waals surface area contributed by atoms with E-state index in [0.29, 0.717) is 38.7 Å². The molecule has 0 bridgehead atoms. The molecule has 0 unspecified atom stereocenters. The minimum Gasteiger partial charge on any atom is -0.491 e. The summed E-state index contributed by atoms with van der Waals surface area (Å²) in [6.45, 7) is 6.19. The van der Waals surface area contributed by atoms with Crippen LogP contribution in [0.3, 0.4) is 0 Å². The molecule has 10 heteroatoms. The van der Waals surface area contributed by atoms with E-state index >= 15 is 0 Å². The lowest BCUT2D eigenvalue weighted by molar-refractivity contribution is -0.140. The molecule has 228 valence electrons. The SMILES string of the molecule is COCCOC(=O)C1=C(C)N=c2s/c(=C/c3ccc(OCc4ccc(F)cc4)cc3)c(=O)n2[C@@H]1c1ccccc1OC(C)C. The van der Waals surface area contributed by atoms with E-state index in [1.807, 2.05) is 62.4 Å². The molecule has 0 saturated carbocycles. The molecule has 0 saturated heterocycles. The highest BCUT2D eigenvalue weighted by atomic mass is 32.1. The summed E-state index contributed by atoms with van der Waals surface area (Å²) in [5.74, 6) is 0.339. The van der Waals surface area contributed by atoms with E-state index in [0.717, 1.165) is 11.1 Å². The van der Waals surface area contributed by atoms with Crippen LogP contribution >= 0.6 is 11.3 Å². The Morgan fingerprint density at radius 3 is 2.48 bits per heavy atom. The van der Waals surface area contributed by atoms with Crippen LogP contribution in [0.2, 0.25) is 0 Å². The van der Waals surface area contributed by atoms with E-state index in [2.05, 4.69) is 4.99 Å². The summed E-state index contributed by atoms with van der Waals surface area (Å²) in [4.78, 5) is 32.6. The van der Waals surface area contributed by atoms with E-state index in [-0.39, 0.29) is 36.3 Å². The molecular formula is C34H33FN2O6S. The number of carbonyl (C=O) groups excluding carboxylic acids is 1. The number of rotatable bonds is 11. The summed E-state index contributed by atoms with van der Waals surface area (Å²) in [6, 6.07) is 20.1. The lowest BCUT2D eigenvalue weighted by Gasteiger charge is -2.27. The molecule has 4 aromatic rings. The van der Waals surface area contributed by atoms with Gasteiger partial charge in [0.1, 0.15) is 36.6 Å². The summed E-state index contributed by atoms with van der Waals surface area (Å²) >= 11 is 1.25. The molecule has 44 heavy (non-hydrogen) atoms. The fraction of sp³-hybridized carbons (Fsp3) is 0.265. The molecule has 0 radical (unpaired) electrons. The number of aromatic nitrogens is 1. The van der Waals surface area contributed by atoms with Crippen molar-refractivity contribution in [1.29, 1.82) is 0 Å². The molecule has 0 spiro atoms. The lowest BCUT2D eigenvalue weighted by Crippen LogP contribution is -2.40. The number of carbonyl (C=O) groups is 1. The minimum atomic E-state index is -0.805. The molecule has 5 rings (SSSR count). The zero-order valence-corrected chi connectivity index (χ0v) is 25.7. The number of benzene rings is 3. The average molecular weight is 617 g/mol. The van der Waals surface area contributed by atoms with Gasteiger partial charge in [0, 0.05) is 12.7 Å². The quantitative estimate of drug-likeness (QED) is 0.176. The Labute approximate surface area is 258 Å². The van der Waals surface area contributed by atoms with Crippen molar-refractivity contribution >= 4 is 23.4 Å². The van der Waals surface area contributed by atoms with E-state index < -0.39 is 12.0 Å². The lowest BCUT2D eigenvalue weighted by atomic mass is 9.95. The van der Waals surface area contributed by atoms with E-state index in [1.54, 1.807) is 29.7 Å². The van der Waals surface area contributed by atoms with Gasteiger partial charge >= 0.3 is 5.97 Å². The van der Waals surface area contributed by atoms with Gasteiger partial charge in [-0.1, -0.05) is 53.8 Å². The van der Waals surface area contributed by atoms with Crippen LogP contribution in [0.4, 0.5) is 4.39 Å². The van der Waals surface area contributed by atoms with Gasteiger partial charge in [0.15, 0.2) is 4.80 Å². The Morgan fingerprint density at radius 2 is 1.77 bits per heavy atom. The van der Waals surface area contributed by atoms with Crippen LogP contribution in [-0.2, 0) is 20.9 Å². The number of methoxy groups -OCH3 is 1. The molecule has 1 aliphatic heterocycles. The van der Waals surface area contributed by atoms with Crippen LogP contribution in [0, 0.1) is 5.82 Å². The zero-order valence-electron chi connectivity index (χ0n) is 24.9. The maximum Gasteiger partial charge on any atom is 0.338 e. The van der Waals surface area contributed by atoms with Crippen LogP contribution in [0.15, 0.2) is 93.9 Å². The number of hydrogen-bond donors (Lipinski definition) is 0. The van der Waals surface area contributed by atoms with Crippen molar-refractivity contribution in [2.24, 2.45) is 4.99 Å². The summed E-state index contributed by atoms with van der Waals surface area (Å²) in [5.41, 5.74) is 2.74. The van der Waals surface area contributed by atoms with E-state index in [4.69, 9.17) is 18.9 Å². The first kappa shape index (κ1) is 30.9. The monoisotopic (exact) mass is 616 g/mol. The molecule has 3 aromatic carbocycles. The van der Waals surface area contributed by atoms with Gasteiger partial charge in [-0.05, 0) is 68.3 Å². The van der Waals surface area contributed by atoms with Gasteiger partial charge in [-0.15, -0.1) is 0 Å². The third kappa shape index (κ3) is 6.98. The second kappa shape index (κ2) is 13.8. The Bertz CT molecular complexity index is 1840. The third-order valence-corrected chi connectivity index (χ3v) is 7.82. The second-order valence-corrected chi connectivity index (χ2v) is 11.4. The number of nitrogens with zero attached hydrogens (tertiary/aromatic N) is 2. The first-order chi connectivity index (χ1) is 21.2. The molecule has 0 fully saturated rings. The Balaban J connectivity index is 1.51. The normalized spacial score (nSPS) is 14.8. The highest BCUT2D eigenvalue weighted by Crippen LogP contribution is 2.36. The average Bonchev–Trinajstić information content (AvgIpc) is 3.30. The molecule has 1 aromatic heterocycles. The summed E-state index contributed by atoms with van der Waals surface area (Å²) < 4.78 is 37.7. The van der Waals surface area contributed by atoms with Crippen LogP contribution < -0.4 is 24.4 Å². The number of ether oxygens (including phenoxy) is 4. The van der Waals surface area contributed by atoms with Crippen molar-refractivity contribution in [3.05, 3.63) is 126 Å². The van der Waals surface area contributed by atoms with Gasteiger partial charge in [-0.3, -0.25) is 9.36 Å². The van der Waals surface area contributed by atoms with Crippen molar-refractivity contribution < 1.29 is 28.1 Å². The van der Waals surface area contributed by atoms with Crippen molar-refractivity contribution in [2.45, 2.75) is 39.5 Å². The van der Waals surface area contributed by atoms with Crippen LogP contribution in [0.25, 0.3) is 6.08 Å². The smallest absolute Gasteiger partial charge is 0.338 e. The fourth-order valence-corrected chi connectivity index (χ4v) is 5.85. The topological polar surface area (TPSA) is 88.4 Å². The van der Waals surface area contributed by atoms with Crippen LogP contribution in [0.5, 0.6) is 11.5 Å². The van der Waals surface area contributed by atoms with Gasteiger partial charge in [0.2, 0.25) is 0 Å². The Hall–Kier alpha value is -4.54. The largest absolute Gasteiger partial charge is 0.491 e. The number of para-hydroxylation sites is 1. The zero-order chi connectivity index (χ0) is 31.2.